The number of anilines is 1. The van der Waals surface area contributed by atoms with Gasteiger partial charge >= 0.3 is 0 Å². The average Bonchev–Trinajstić information content (AvgIpc) is 2.61. The van der Waals surface area contributed by atoms with Gasteiger partial charge in [0.2, 0.25) is 0 Å². The van der Waals surface area contributed by atoms with Crippen molar-refractivity contribution >= 4 is 21.7 Å². The van der Waals surface area contributed by atoms with E-state index in [0.29, 0.717) is 11.5 Å². The lowest BCUT2D eigenvalue weighted by molar-refractivity contribution is 0.102. The Morgan fingerprint density at radius 3 is 2.32 bits per heavy atom. The predicted octanol–water partition coefficient (Wildman–Crippen LogP) is 4.18. The van der Waals surface area contributed by atoms with Gasteiger partial charge in [0.1, 0.15) is 4.90 Å². The molecule has 134 valence electrons. The number of nitrogens with one attached hydrogen (secondary N) is 1. The van der Waals surface area contributed by atoms with Crippen LogP contribution in [0.2, 0.25) is 0 Å². The van der Waals surface area contributed by atoms with Crippen LogP contribution in [-0.4, -0.2) is 20.9 Å². The van der Waals surface area contributed by atoms with Crippen molar-refractivity contribution in [3.05, 3.63) is 59.7 Å². The van der Waals surface area contributed by atoms with Gasteiger partial charge in [0.25, 0.3) is 16.0 Å². The van der Waals surface area contributed by atoms with E-state index in [2.05, 4.69) is 19.2 Å². The molecular weight excluding hydrogens is 338 g/mol. The highest BCUT2D eigenvalue weighted by Gasteiger charge is 2.20. The predicted molar refractivity (Wildman–Crippen MR) is 98.4 cm³/mol. The molecule has 0 bridgehead atoms. The van der Waals surface area contributed by atoms with Crippen molar-refractivity contribution in [2.45, 2.75) is 38.0 Å². The van der Waals surface area contributed by atoms with Crippen molar-refractivity contribution in [2.75, 3.05) is 11.9 Å². The number of benzene rings is 2. The largest absolute Gasteiger partial charge is 0.321 e. The summed E-state index contributed by atoms with van der Waals surface area (Å²) < 4.78 is 29.1. The molecule has 2 aromatic rings. The van der Waals surface area contributed by atoms with Gasteiger partial charge in [-0.2, -0.15) is 8.42 Å². The molecule has 6 heteroatoms. The minimum atomic E-state index is -3.90. The van der Waals surface area contributed by atoms with E-state index in [-0.39, 0.29) is 23.1 Å². The zero-order valence-corrected chi connectivity index (χ0v) is 15.5. The third-order valence-electron chi connectivity index (χ3n) is 4.03. The SMILES string of the molecule is CCOS(=O)(=O)c1ccccc1NC(=O)c1ccc(C(C)CC)cc1. The second-order valence-corrected chi connectivity index (χ2v) is 7.33. The summed E-state index contributed by atoms with van der Waals surface area (Å²) in [4.78, 5) is 12.4. The van der Waals surface area contributed by atoms with Gasteiger partial charge in [-0.15, -0.1) is 0 Å². The molecule has 1 unspecified atom stereocenters. The Labute approximate surface area is 149 Å². The third kappa shape index (κ3) is 4.67. The molecule has 1 N–H and O–H groups in total. The highest BCUT2D eigenvalue weighted by atomic mass is 32.2. The van der Waals surface area contributed by atoms with Gasteiger partial charge < -0.3 is 5.32 Å². The summed E-state index contributed by atoms with van der Waals surface area (Å²) in [7, 11) is -3.90. The normalized spacial score (nSPS) is 12.6. The Hall–Kier alpha value is -2.18. The fraction of sp³-hybridized carbons (Fsp3) is 0.316. The van der Waals surface area contributed by atoms with Crippen molar-refractivity contribution < 1.29 is 17.4 Å². The van der Waals surface area contributed by atoms with Crippen molar-refractivity contribution in [3.8, 4) is 0 Å². The van der Waals surface area contributed by atoms with Crippen LogP contribution in [0.5, 0.6) is 0 Å². The fourth-order valence-electron chi connectivity index (χ4n) is 2.40. The molecule has 2 rings (SSSR count). The molecular formula is C19H23NO4S. The molecule has 25 heavy (non-hydrogen) atoms. The molecule has 0 aliphatic heterocycles. The first-order chi connectivity index (χ1) is 11.9. The second kappa shape index (κ2) is 8.27. The molecule has 0 saturated heterocycles. The fourth-order valence-corrected chi connectivity index (χ4v) is 3.47. The molecule has 2 aromatic carbocycles. The molecule has 0 spiro atoms. The van der Waals surface area contributed by atoms with E-state index < -0.39 is 10.1 Å². The number of hydrogen-bond donors (Lipinski definition) is 1. The standard InChI is InChI=1S/C19H23NO4S/c1-4-14(3)15-10-12-16(13-11-15)19(21)20-17-8-6-7-9-18(17)25(22,23)24-5-2/h6-14H,4-5H2,1-3H3,(H,20,21). The van der Waals surface area contributed by atoms with Gasteiger partial charge in [-0.25, -0.2) is 0 Å². The minimum absolute atomic E-state index is 0.0295. The summed E-state index contributed by atoms with van der Waals surface area (Å²) in [6, 6.07) is 13.5. The minimum Gasteiger partial charge on any atom is -0.321 e. The van der Waals surface area contributed by atoms with Crippen LogP contribution in [0, 0.1) is 0 Å². The van der Waals surface area contributed by atoms with E-state index in [1.54, 1.807) is 31.2 Å². The lowest BCUT2D eigenvalue weighted by Crippen LogP contribution is -2.16. The molecule has 1 amide bonds. The quantitative estimate of drug-likeness (QED) is 0.751. The van der Waals surface area contributed by atoms with E-state index in [0.717, 1.165) is 6.42 Å². The van der Waals surface area contributed by atoms with Crippen LogP contribution >= 0.6 is 0 Å². The third-order valence-corrected chi connectivity index (χ3v) is 5.47. The van der Waals surface area contributed by atoms with E-state index in [4.69, 9.17) is 4.18 Å². The first-order valence-electron chi connectivity index (χ1n) is 8.28. The number of carbonyl (C=O) groups is 1. The van der Waals surface area contributed by atoms with Gasteiger partial charge in [0.15, 0.2) is 0 Å². The molecule has 0 radical (unpaired) electrons. The lowest BCUT2D eigenvalue weighted by Gasteiger charge is -2.12. The van der Waals surface area contributed by atoms with Gasteiger partial charge in [-0.3, -0.25) is 8.98 Å². The van der Waals surface area contributed by atoms with Crippen LogP contribution in [0.4, 0.5) is 5.69 Å². The maximum absolute atomic E-state index is 12.5. The summed E-state index contributed by atoms with van der Waals surface area (Å²) >= 11 is 0. The second-order valence-electron chi connectivity index (χ2n) is 5.74. The molecule has 0 aliphatic rings. The lowest BCUT2D eigenvalue weighted by atomic mass is 9.97. The summed E-state index contributed by atoms with van der Waals surface area (Å²) in [5, 5.41) is 2.66. The van der Waals surface area contributed by atoms with Gasteiger partial charge in [-0.05, 0) is 49.1 Å². The highest BCUT2D eigenvalue weighted by molar-refractivity contribution is 7.87. The first-order valence-corrected chi connectivity index (χ1v) is 9.69. The molecule has 0 aliphatic carbocycles. The Kier molecular flexibility index (Phi) is 6.33. The highest BCUT2D eigenvalue weighted by Crippen LogP contribution is 2.24. The Morgan fingerprint density at radius 1 is 1.08 bits per heavy atom. The van der Waals surface area contributed by atoms with E-state index in [1.807, 2.05) is 12.1 Å². The summed E-state index contributed by atoms with van der Waals surface area (Å²) in [6.07, 6.45) is 1.02. The maximum Gasteiger partial charge on any atom is 0.299 e. The zero-order chi connectivity index (χ0) is 18.4. The van der Waals surface area contributed by atoms with Crippen LogP contribution in [0.1, 0.15) is 49.0 Å². The van der Waals surface area contributed by atoms with Crippen LogP contribution in [0.3, 0.4) is 0 Å². The van der Waals surface area contributed by atoms with E-state index in [9.17, 15) is 13.2 Å². The number of rotatable bonds is 7. The molecule has 5 nitrogen and oxygen atoms in total. The van der Waals surface area contributed by atoms with Crippen LogP contribution in [0.15, 0.2) is 53.4 Å². The smallest absolute Gasteiger partial charge is 0.299 e. The van der Waals surface area contributed by atoms with Crippen molar-refractivity contribution in [1.29, 1.82) is 0 Å². The Balaban J connectivity index is 2.24. The first kappa shape index (κ1) is 19.1. The molecule has 0 heterocycles. The summed E-state index contributed by atoms with van der Waals surface area (Å²) in [6.45, 7) is 5.87. The van der Waals surface area contributed by atoms with Gasteiger partial charge in [0, 0.05) is 5.56 Å². The molecule has 0 aromatic heterocycles. The van der Waals surface area contributed by atoms with Gasteiger partial charge in [0.05, 0.1) is 12.3 Å². The Bertz CT molecular complexity index is 829. The monoisotopic (exact) mass is 361 g/mol. The number of carbonyl (C=O) groups excluding carboxylic acids is 1. The number of amides is 1. The van der Waals surface area contributed by atoms with Crippen LogP contribution < -0.4 is 5.32 Å². The van der Waals surface area contributed by atoms with Crippen LogP contribution in [-0.2, 0) is 14.3 Å². The van der Waals surface area contributed by atoms with Crippen molar-refractivity contribution in [2.24, 2.45) is 0 Å². The summed E-state index contributed by atoms with van der Waals surface area (Å²) in [5.41, 5.74) is 1.83. The number of hydrogen-bond acceptors (Lipinski definition) is 4. The molecule has 1 atom stereocenters. The number of para-hydroxylation sites is 1. The summed E-state index contributed by atoms with van der Waals surface area (Å²) in [5.74, 6) is 0.0593. The molecule has 0 saturated carbocycles. The van der Waals surface area contributed by atoms with E-state index in [1.165, 1.54) is 17.7 Å². The van der Waals surface area contributed by atoms with Crippen molar-refractivity contribution in [1.82, 2.24) is 0 Å². The van der Waals surface area contributed by atoms with Crippen LogP contribution in [0.25, 0.3) is 0 Å². The van der Waals surface area contributed by atoms with E-state index >= 15 is 0 Å². The zero-order valence-electron chi connectivity index (χ0n) is 14.7. The molecule has 0 fully saturated rings. The van der Waals surface area contributed by atoms with Gasteiger partial charge in [-0.1, -0.05) is 38.1 Å². The Morgan fingerprint density at radius 2 is 1.72 bits per heavy atom. The maximum atomic E-state index is 12.5. The van der Waals surface area contributed by atoms with Crippen molar-refractivity contribution in [3.63, 3.8) is 0 Å². The average molecular weight is 361 g/mol. The topological polar surface area (TPSA) is 72.5 Å².